The van der Waals surface area contributed by atoms with E-state index in [0.29, 0.717) is 80.3 Å². The van der Waals surface area contributed by atoms with E-state index in [1.54, 1.807) is 32.2 Å². The smallest absolute Gasteiger partial charge is 0.326 e. The number of aryl methyl sites for hydroxylation is 2. The Bertz CT molecular complexity index is 1750. The number of hydrogen-bond donors (Lipinski definition) is 3. The molecular weight excluding hydrogens is 647 g/mol. The lowest BCUT2D eigenvalue weighted by Crippen LogP contribution is -2.47. The molecule has 2 N–H and O–H groups in total. The van der Waals surface area contributed by atoms with E-state index in [9.17, 15) is 22.8 Å². The summed E-state index contributed by atoms with van der Waals surface area (Å²) in [5.41, 5.74) is 1.75. The lowest BCUT2D eigenvalue weighted by Gasteiger charge is -2.31. The number of fused-ring (bicyclic) bond motifs is 1. The predicted octanol–water partition coefficient (Wildman–Crippen LogP) is 2.24. The molecule has 1 aromatic carbocycles. The van der Waals surface area contributed by atoms with Gasteiger partial charge in [-0.05, 0) is 51.4 Å². The molecule has 2 aliphatic heterocycles. The fourth-order valence-corrected chi connectivity index (χ4v) is 7.35. The van der Waals surface area contributed by atoms with Gasteiger partial charge in [-0.3, -0.25) is 14.3 Å². The summed E-state index contributed by atoms with van der Waals surface area (Å²) in [6.07, 6.45) is 2.89. The van der Waals surface area contributed by atoms with E-state index in [2.05, 4.69) is 27.6 Å². The molecule has 2 fully saturated rings. The Morgan fingerprint density at radius 1 is 1.15 bits per heavy atom. The fraction of sp³-hybridized carbons (Fsp3) is 0.581. The normalized spacial score (nSPS) is 18.2. The minimum atomic E-state index is -3.70. The van der Waals surface area contributed by atoms with Gasteiger partial charge in [0.15, 0.2) is 5.52 Å². The SMILES string of the molecule is CCCc1nn(C)c2c(=O)[nH]c(-c3cc(S(=O)(=O)N4CCN(C)CC4)ccc3OCC)nc12.C[C@H](CS)C(=O)N1CCC[C@H]1C(=O)O. The van der Waals surface area contributed by atoms with Crippen LogP contribution in [0.15, 0.2) is 27.9 Å². The highest BCUT2D eigenvalue weighted by atomic mass is 32.2. The number of thiol groups is 1. The zero-order valence-corrected chi connectivity index (χ0v) is 29.3. The largest absolute Gasteiger partial charge is 0.493 e. The number of hydrogen-bond acceptors (Lipinski definition) is 10. The van der Waals surface area contributed by atoms with Crippen molar-refractivity contribution in [1.82, 2.24) is 33.9 Å². The predicted molar refractivity (Wildman–Crippen MR) is 181 cm³/mol. The Labute approximate surface area is 280 Å². The molecule has 2 aliphatic rings. The molecule has 16 heteroatoms. The van der Waals surface area contributed by atoms with Crippen LogP contribution in [0.3, 0.4) is 0 Å². The number of sulfonamides is 1. The molecule has 3 aromatic rings. The summed E-state index contributed by atoms with van der Waals surface area (Å²) in [6, 6.07) is 4.09. The number of H-pyrrole nitrogens is 1. The first kappa shape index (κ1) is 36.4. The maximum atomic E-state index is 13.3. The average Bonchev–Trinajstić information content (AvgIpc) is 3.66. The van der Waals surface area contributed by atoms with Gasteiger partial charge in [-0.15, -0.1) is 0 Å². The molecule has 2 saturated heterocycles. The second-order valence-electron chi connectivity index (χ2n) is 11.8. The Kier molecular flexibility index (Phi) is 12.1. The van der Waals surface area contributed by atoms with Crippen molar-refractivity contribution in [2.24, 2.45) is 13.0 Å². The van der Waals surface area contributed by atoms with E-state index < -0.39 is 22.0 Å². The zero-order chi connectivity index (χ0) is 34.5. The minimum Gasteiger partial charge on any atom is -0.493 e. The quantitative estimate of drug-likeness (QED) is 0.268. The summed E-state index contributed by atoms with van der Waals surface area (Å²) in [5.74, 6) is -0.0119. The number of likely N-dealkylation sites (tertiary alicyclic amines) is 1. The molecule has 0 aliphatic carbocycles. The molecule has 14 nitrogen and oxygen atoms in total. The number of nitrogens with zero attached hydrogens (tertiary/aromatic N) is 6. The highest BCUT2D eigenvalue weighted by Crippen LogP contribution is 2.32. The maximum Gasteiger partial charge on any atom is 0.326 e. The lowest BCUT2D eigenvalue weighted by molar-refractivity contribution is -0.149. The number of carbonyl (C=O) groups excluding carboxylic acids is 1. The molecule has 0 bridgehead atoms. The van der Waals surface area contributed by atoms with Crippen LogP contribution in [-0.2, 0) is 33.1 Å². The van der Waals surface area contributed by atoms with Crippen LogP contribution in [0, 0.1) is 5.92 Å². The van der Waals surface area contributed by atoms with Crippen LogP contribution in [0.2, 0.25) is 0 Å². The van der Waals surface area contributed by atoms with Crippen molar-refractivity contribution in [2.45, 2.75) is 57.4 Å². The Hall–Kier alpha value is -3.47. The first-order chi connectivity index (χ1) is 22.3. The van der Waals surface area contributed by atoms with Crippen molar-refractivity contribution in [1.29, 1.82) is 0 Å². The van der Waals surface area contributed by atoms with Gasteiger partial charge in [-0.1, -0.05) is 20.3 Å². The van der Waals surface area contributed by atoms with E-state index in [1.807, 2.05) is 20.9 Å². The molecule has 4 heterocycles. The van der Waals surface area contributed by atoms with Gasteiger partial charge in [-0.2, -0.15) is 22.0 Å². The van der Waals surface area contributed by atoms with Crippen molar-refractivity contribution in [2.75, 3.05) is 52.1 Å². The number of benzene rings is 1. The number of amides is 1. The number of aromatic nitrogens is 4. The summed E-state index contributed by atoms with van der Waals surface area (Å²) in [7, 11) is -0.00831. The topological polar surface area (TPSA) is 171 Å². The maximum absolute atomic E-state index is 13.3. The van der Waals surface area contributed by atoms with Gasteiger partial charge >= 0.3 is 5.97 Å². The molecule has 2 aromatic heterocycles. The van der Waals surface area contributed by atoms with Crippen molar-refractivity contribution in [3.63, 3.8) is 0 Å². The summed E-state index contributed by atoms with van der Waals surface area (Å²) in [5, 5.41) is 13.3. The van der Waals surface area contributed by atoms with Crippen molar-refractivity contribution in [3.05, 3.63) is 34.2 Å². The molecule has 0 radical (unpaired) electrons. The van der Waals surface area contributed by atoms with Crippen molar-refractivity contribution < 1.29 is 27.9 Å². The van der Waals surface area contributed by atoms with Gasteiger partial charge in [0.2, 0.25) is 15.9 Å². The van der Waals surface area contributed by atoms with E-state index in [1.165, 1.54) is 13.9 Å². The van der Waals surface area contributed by atoms with Gasteiger partial charge < -0.3 is 24.6 Å². The number of nitrogens with one attached hydrogen (secondary N) is 1. The number of carbonyl (C=O) groups is 2. The van der Waals surface area contributed by atoms with Crippen LogP contribution in [0.4, 0.5) is 0 Å². The van der Waals surface area contributed by atoms with Crippen LogP contribution < -0.4 is 10.3 Å². The Morgan fingerprint density at radius 3 is 2.47 bits per heavy atom. The lowest BCUT2D eigenvalue weighted by atomic mass is 10.1. The summed E-state index contributed by atoms with van der Waals surface area (Å²) in [4.78, 5) is 46.6. The van der Waals surface area contributed by atoms with Crippen LogP contribution in [0.25, 0.3) is 22.4 Å². The number of carboxylic acid groups (broad SMARTS) is 1. The Morgan fingerprint density at radius 2 is 1.85 bits per heavy atom. The third-order valence-corrected chi connectivity index (χ3v) is 10.8. The van der Waals surface area contributed by atoms with Crippen LogP contribution in [0.1, 0.15) is 45.7 Å². The van der Waals surface area contributed by atoms with Crippen molar-refractivity contribution >= 4 is 45.6 Å². The third kappa shape index (κ3) is 7.99. The number of aromatic amines is 1. The molecule has 1 amide bonds. The Balaban J connectivity index is 0.000000300. The molecule has 0 spiro atoms. The molecule has 258 valence electrons. The first-order valence-corrected chi connectivity index (χ1v) is 18.0. The second-order valence-corrected chi connectivity index (χ2v) is 14.1. The summed E-state index contributed by atoms with van der Waals surface area (Å²) in [6.45, 7) is 8.81. The summed E-state index contributed by atoms with van der Waals surface area (Å²) < 4.78 is 35.4. The first-order valence-electron chi connectivity index (χ1n) is 15.9. The zero-order valence-electron chi connectivity index (χ0n) is 27.6. The molecular formula is C31H45N7O7S2. The van der Waals surface area contributed by atoms with E-state index in [4.69, 9.17) is 14.8 Å². The number of ether oxygens (including phenoxy) is 1. The van der Waals surface area contributed by atoms with Gasteiger partial charge in [0.25, 0.3) is 5.56 Å². The van der Waals surface area contributed by atoms with Gasteiger partial charge in [0.1, 0.15) is 23.1 Å². The molecule has 0 saturated carbocycles. The van der Waals surface area contributed by atoms with Crippen molar-refractivity contribution in [3.8, 4) is 17.1 Å². The molecule has 5 rings (SSSR count). The van der Waals surface area contributed by atoms with E-state index >= 15 is 0 Å². The summed E-state index contributed by atoms with van der Waals surface area (Å²) >= 11 is 4.03. The minimum absolute atomic E-state index is 0.0927. The number of carboxylic acids is 1. The van der Waals surface area contributed by atoms with E-state index in [0.717, 1.165) is 18.5 Å². The second kappa shape index (κ2) is 15.6. The third-order valence-electron chi connectivity index (χ3n) is 8.37. The number of piperazine rings is 1. The van der Waals surface area contributed by atoms with Crippen LogP contribution in [0.5, 0.6) is 5.75 Å². The standard InChI is InChI=1S/C22H30N6O4S.C9H15NO3S/c1-5-7-17-19-20(27(4)25-17)22(29)24-21(23-19)16-14-15(8-9-18(16)32-6-2)33(30,31)28-12-10-26(3)11-13-28;1-6(5-14)8(11)10-4-2-3-7(10)9(12)13/h8-9,14H,5-7,10-13H2,1-4H3,(H,23,24,29);6-7,14H,2-5H2,1H3,(H,12,13)/t;6-,7+/m.1/s1. The van der Waals surface area contributed by atoms with Gasteiger partial charge in [-0.25, -0.2) is 18.2 Å². The number of aliphatic carboxylic acids is 1. The van der Waals surface area contributed by atoms with Gasteiger partial charge in [0, 0.05) is 51.4 Å². The number of likely N-dealkylation sites (N-methyl/N-ethyl adjacent to an activating group) is 1. The average molecular weight is 692 g/mol. The van der Waals surface area contributed by atoms with Crippen LogP contribution >= 0.6 is 12.6 Å². The highest BCUT2D eigenvalue weighted by Gasteiger charge is 2.35. The van der Waals surface area contributed by atoms with Gasteiger partial charge in [0.05, 0.1) is 22.8 Å². The van der Waals surface area contributed by atoms with E-state index in [-0.39, 0.29) is 28.1 Å². The molecule has 47 heavy (non-hydrogen) atoms. The monoisotopic (exact) mass is 691 g/mol. The molecule has 0 unspecified atom stereocenters. The molecule has 2 atom stereocenters. The number of rotatable bonds is 10. The fourth-order valence-electron chi connectivity index (χ4n) is 5.74. The van der Waals surface area contributed by atoms with Crippen LogP contribution in [-0.4, -0.2) is 117 Å². The highest BCUT2D eigenvalue weighted by molar-refractivity contribution is 7.89.